The van der Waals surface area contributed by atoms with Crippen LogP contribution in [0.25, 0.3) is 0 Å². The summed E-state index contributed by atoms with van der Waals surface area (Å²) in [6.07, 6.45) is 0. The van der Waals surface area contributed by atoms with E-state index >= 15 is 0 Å². The Morgan fingerprint density at radius 1 is 1.24 bits per heavy atom. The van der Waals surface area contributed by atoms with E-state index in [1.165, 1.54) is 4.90 Å². The summed E-state index contributed by atoms with van der Waals surface area (Å²) in [5, 5.41) is 7.39. The molecule has 0 aliphatic carbocycles. The second kappa shape index (κ2) is 7.40. The highest BCUT2D eigenvalue weighted by molar-refractivity contribution is 9.10. The van der Waals surface area contributed by atoms with Crippen molar-refractivity contribution in [1.29, 1.82) is 0 Å². The minimum Gasteiger partial charge on any atom is -0.338 e. The van der Waals surface area contributed by atoms with Gasteiger partial charge in [-0.15, -0.1) is 11.8 Å². The molecule has 0 radical (unpaired) electrons. The Kier molecular flexibility index (Phi) is 5.29. The van der Waals surface area contributed by atoms with Crippen molar-refractivity contribution in [2.45, 2.75) is 17.2 Å². The zero-order chi connectivity index (χ0) is 14.5. The molecule has 1 aromatic heterocycles. The van der Waals surface area contributed by atoms with E-state index in [9.17, 15) is 0 Å². The van der Waals surface area contributed by atoms with Gasteiger partial charge < -0.3 is 9.84 Å². The molecule has 3 rings (SSSR count). The predicted octanol–water partition coefficient (Wildman–Crippen LogP) is 2.53. The first kappa shape index (κ1) is 15.0. The number of benzene rings is 1. The van der Waals surface area contributed by atoms with Crippen LogP contribution in [-0.4, -0.2) is 41.2 Å². The molecular formula is C14H17BrN4OS. The Hall–Kier alpha value is -0.890. The minimum absolute atomic E-state index is 0.711. The topological polar surface area (TPSA) is 54.2 Å². The Morgan fingerprint density at radius 3 is 2.76 bits per heavy atom. The Balaban J connectivity index is 1.51. The lowest BCUT2D eigenvalue weighted by atomic mass is 10.3. The molecular weight excluding hydrogens is 352 g/mol. The number of hydrogen-bond donors (Lipinski definition) is 1. The minimum atomic E-state index is 0.711. The molecule has 1 aromatic carbocycles. The molecule has 1 saturated heterocycles. The van der Waals surface area contributed by atoms with Crippen molar-refractivity contribution in [1.82, 2.24) is 20.4 Å². The van der Waals surface area contributed by atoms with E-state index in [1.54, 1.807) is 11.8 Å². The fourth-order valence-corrected chi connectivity index (χ4v) is 3.16. The van der Waals surface area contributed by atoms with E-state index in [-0.39, 0.29) is 0 Å². The SMILES string of the molecule is Brc1ccc(SCc2noc(CN3CCNCC3)n2)cc1. The normalized spacial score (nSPS) is 16.2. The summed E-state index contributed by atoms with van der Waals surface area (Å²) < 4.78 is 6.42. The van der Waals surface area contributed by atoms with Gasteiger partial charge in [0.15, 0.2) is 5.82 Å². The van der Waals surface area contributed by atoms with Gasteiger partial charge in [-0.25, -0.2) is 0 Å². The third kappa shape index (κ3) is 4.54. The summed E-state index contributed by atoms with van der Waals surface area (Å²) in [6, 6.07) is 8.23. The molecule has 2 heterocycles. The number of thioether (sulfide) groups is 1. The van der Waals surface area contributed by atoms with Crippen molar-refractivity contribution < 1.29 is 4.52 Å². The number of nitrogens with one attached hydrogen (secondary N) is 1. The quantitative estimate of drug-likeness (QED) is 0.818. The summed E-state index contributed by atoms with van der Waals surface area (Å²) >= 11 is 5.15. The van der Waals surface area contributed by atoms with Crippen LogP contribution in [0.15, 0.2) is 38.2 Å². The van der Waals surface area contributed by atoms with Crippen LogP contribution in [0, 0.1) is 0 Å². The number of hydrogen-bond acceptors (Lipinski definition) is 6. The maximum atomic E-state index is 5.33. The third-order valence-electron chi connectivity index (χ3n) is 3.26. The van der Waals surface area contributed by atoms with Gasteiger partial charge in [0, 0.05) is 35.5 Å². The second-order valence-corrected chi connectivity index (χ2v) is 6.84. The Labute approximate surface area is 136 Å². The van der Waals surface area contributed by atoms with Gasteiger partial charge in [-0.2, -0.15) is 4.98 Å². The Bertz CT molecular complexity index is 569. The summed E-state index contributed by atoms with van der Waals surface area (Å²) in [4.78, 5) is 8.00. The van der Waals surface area contributed by atoms with E-state index in [2.05, 4.69) is 48.4 Å². The van der Waals surface area contributed by atoms with Crippen molar-refractivity contribution in [3.8, 4) is 0 Å². The summed E-state index contributed by atoms with van der Waals surface area (Å²) in [7, 11) is 0. The molecule has 0 atom stereocenters. The molecule has 21 heavy (non-hydrogen) atoms. The number of piperazine rings is 1. The van der Waals surface area contributed by atoms with Gasteiger partial charge in [-0.1, -0.05) is 21.1 Å². The molecule has 112 valence electrons. The molecule has 0 amide bonds. The molecule has 0 saturated carbocycles. The molecule has 0 spiro atoms. The predicted molar refractivity (Wildman–Crippen MR) is 86.1 cm³/mol. The first-order chi connectivity index (χ1) is 10.3. The summed E-state index contributed by atoms with van der Waals surface area (Å²) in [6.45, 7) is 4.87. The van der Waals surface area contributed by atoms with Gasteiger partial charge >= 0.3 is 0 Å². The maximum Gasteiger partial charge on any atom is 0.240 e. The lowest BCUT2D eigenvalue weighted by molar-refractivity contribution is 0.203. The average molecular weight is 369 g/mol. The molecule has 7 heteroatoms. The van der Waals surface area contributed by atoms with Crippen LogP contribution in [-0.2, 0) is 12.3 Å². The molecule has 0 bridgehead atoms. The van der Waals surface area contributed by atoms with Crippen molar-refractivity contribution in [2.75, 3.05) is 26.2 Å². The van der Waals surface area contributed by atoms with E-state index in [0.29, 0.717) is 5.89 Å². The smallest absolute Gasteiger partial charge is 0.240 e. The van der Waals surface area contributed by atoms with Gasteiger partial charge in [0.1, 0.15) is 0 Å². The van der Waals surface area contributed by atoms with Gasteiger partial charge in [-0.05, 0) is 24.3 Å². The van der Waals surface area contributed by atoms with Crippen LogP contribution in [0.1, 0.15) is 11.7 Å². The molecule has 2 aromatic rings. The first-order valence-corrected chi connectivity index (χ1v) is 8.70. The van der Waals surface area contributed by atoms with E-state index in [1.807, 2.05) is 12.1 Å². The lowest BCUT2D eigenvalue weighted by Crippen LogP contribution is -2.42. The molecule has 1 aliphatic rings. The zero-order valence-corrected chi connectivity index (χ0v) is 14.0. The van der Waals surface area contributed by atoms with Gasteiger partial charge in [0.25, 0.3) is 0 Å². The van der Waals surface area contributed by atoms with Crippen LogP contribution in [0.4, 0.5) is 0 Å². The maximum absolute atomic E-state index is 5.33. The standard InChI is InChI=1S/C14H17BrN4OS/c15-11-1-3-12(4-2-11)21-10-13-17-14(20-18-13)9-19-7-5-16-6-8-19/h1-4,16H,5-10H2. The fraction of sp³-hybridized carbons (Fsp3) is 0.429. The highest BCUT2D eigenvalue weighted by Crippen LogP contribution is 2.23. The van der Waals surface area contributed by atoms with Crippen LogP contribution in [0.3, 0.4) is 0 Å². The van der Waals surface area contributed by atoms with Crippen molar-refractivity contribution in [3.63, 3.8) is 0 Å². The highest BCUT2D eigenvalue weighted by atomic mass is 79.9. The number of rotatable bonds is 5. The highest BCUT2D eigenvalue weighted by Gasteiger charge is 2.14. The summed E-state index contributed by atoms with van der Waals surface area (Å²) in [5.74, 6) is 2.20. The molecule has 1 aliphatic heterocycles. The lowest BCUT2D eigenvalue weighted by Gasteiger charge is -2.25. The van der Waals surface area contributed by atoms with Crippen molar-refractivity contribution in [3.05, 3.63) is 40.5 Å². The van der Waals surface area contributed by atoms with Crippen LogP contribution in [0.2, 0.25) is 0 Å². The van der Waals surface area contributed by atoms with Gasteiger partial charge in [0.2, 0.25) is 5.89 Å². The van der Waals surface area contributed by atoms with Crippen LogP contribution >= 0.6 is 27.7 Å². The number of nitrogens with zero attached hydrogens (tertiary/aromatic N) is 3. The van der Waals surface area contributed by atoms with Gasteiger partial charge in [-0.3, -0.25) is 4.90 Å². The monoisotopic (exact) mass is 368 g/mol. The first-order valence-electron chi connectivity index (χ1n) is 6.92. The van der Waals surface area contributed by atoms with Crippen LogP contribution < -0.4 is 5.32 Å². The van der Waals surface area contributed by atoms with E-state index in [0.717, 1.165) is 48.8 Å². The largest absolute Gasteiger partial charge is 0.338 e. The Morgan fingerprint density at radius 2 is 2.00 bits per heavy atom. The number of halogens is 1. The average Bonchev–Trinajstić information content (AvgIpc) is 2.95. The zero-order valence-electron chi connectivity index (χ0n) is 11.6. The van der Waals surface area contributed by atoms with Crippen molar-refractivity contribution >= 4 is 27.7 Å². The second-order valence-electron chi connectivity index (χ2n) is 4.87. The summed E-state index contributed by atoms with van der Waals surface area (Å²) in [5.41, 5.74) is 0. The number of aromatic nitrogens is 2. The van der Waals surface area contributed by atoms with E-state index in [4.69, 9.17) is 4.52 Å². The molecule has 1 N–H and O–H groups in total. The molecule has 0 unspecified atom stereocenters. The third-order valence-corrected chi connectivity index (χ3v) is 4.80. The van der Waals surface area contributed by atoms with Crippen molar-refractivity contribution in [2.24, 2.45) is 0 Å². The fourth-order valence-electron chi connectivity index (χ4n) is 2.15. The molecule has 1 fully saturated rings. The van der Waals surface area contributed by atoms with E-state index < -0.39 is 0 Å². The van der Waals surface area contributed by atoms with Crippen LogP contribution in [0.5, 0.6) is 0 Å². The van der Waals surface area contributed by atoms with Gasteiger partial charge in [0.05, 0.1) is 12.3 Å². The molecule has 5 nitrogen and oxygen atoms in total.